The number of nitrogens with zero attached hydrogens (tertiary/aromatic N) is 4. The molecule has 13 heteroatoms. The Bertz CT molecular complexity index is 1550. The number of halogens is 2. The van der Waals surface area contributed by atoms with Gasteiger partial charge in [-0.2, -0.15) is 14.0 Å². The molecule has 270 valence electrons. The summed E-state index contributed by atoms with van der Waals surface area (Å²) in [7, 11) is 0. The number of benzene rings is 2. The molecular weight excluding hydrogens is 648 g/mol. The van der Waals surface area contributed by atoms with E-state index in [9.17, 15) is 19.5 Å². The highest BCUT2D eigenvalue weighted by Crippen LogP contribution is 2.35. The molecule has 0 aliphatic carbocycles. The van der Waals surface area contributed by atoms with Crippen molar-refractivity contribution >= 4 is 17.8 Å². The maximum atomic E-state index is 15.9. The van der Waals surface area contributed by atoms with Crippen LogP contribution in [0.15, 0.2) is 66.7 Å². The standard InChI is InChI=1S/C37H47F2N5O6/c1-36(2,48)23-10-9-18-34(46)49-30-16-12-13-27(25-30)26-35(47)50-31(37(38,39)28-14-6-5-7-15-28)21-19-29-20-22-33(45)44(29)24-11-4-3-8-17-32-40-42-43-41-32/h5-7,12-16,19,21,25,29,31,48H,3-4,8-11,17-18,20,22-24,26H2,1-2H3,(H,40,41,42,43)/b21-19+/t29-,31+/m0/s1. The van der Waals surface area contributed by atoms with Gasteiger partial charge in [0.05, 0.1) is 18.1 Å². The van der Waals surface area contributed by atoms with Gasteiger partial charge in [-0.25, -0.2) is 0 Å². The fraction of sp³-hybridized carbons (Fsp3) is 0.514. The predicted octanol–water partition coefficient (Wildman–Crippen LogP) is 6.03. The first kappa shape index (κ1) is 38.3. The molecule has 0 bridgehead atoms. The lowest BCUT2D eigenvalue weighted by Gasteiger charge is -2.27. The third-order valence-electron chi connectivity index (χ3n) is 8.49. The number of alkyl halides is 2. The van der Waals surface area contributed by atoms with Crippen LogP contribution in [0.25, 0.3) is 0 Å². The number of hydrogen-bond acceptors (Lipinski definition) is 9. The monoisotopic (exact) mass is 695 g/mol. The normalized spacial score (nSPS) is 15.8. The lowest BCUT2D eigenvalue weighted by atomic mass is 10.0. The minimum atomic E-state index is -3.55. The molecule has 0 saturated carbocycles. The van der Waals surface area contributed by atoms with Crippen molar-refractivity contribution in [2.24, 2.45) is 0 Å². The van der Waals surface area contributed by atoms with Crippen molar-refractivity contribution < 1.29 is 37.7 Å². The van der Waals surface area contributed by atoms with Gasteiger partial charge in [0.2, 0.25) is 5.91 Å². The Morgan fingerprint density at radius 1 is 1.04 bits per heavy atom. The van der Waals surface area contributed by atoms with Gasteiger partial charge in [-0.1, -0.05) is 73.0 Å². The van der Waals surface area contributed by atoms with E-state index in [4.69, 9.17) is 9.47 Å². The summed E-state index contributed by atoms with van der Waals surface area (Å²) in [6.45, 7) is 3.92. The Morgan fingerprint density at radius 3 is 2.56 bits per heavy atom. The van der Waals surface area contributed by atoms with Crippen LogP contribution in [0, 0.1) is 0 Å². The molecule has 2 N–H and O–H groups in total. The zero-order valence-corrected chi connectivity index (χ0v) is 28.7. The Morgan fingerprint density at radius 2 is 1.82 bits per heavy atom. The number of ether oxygens (including phenoxy) is 2. The van der Waals surface area contributed by atoms with Gasteiger partial charge in [-0.3, -0.25) is 14.4 Å². The predicted molar refractivity (Wildman–Crippen MR) is 181 cm³/mol. The Hall–Kier alpha value is -4.52. The van der Waals surface area contributed by atoms with E-state index < -0.39 is 35.6 Å². The minimum Gasteiger partial charge on any atom is -0.451 e. The molecule has 0 spiro atoms. The molecule has 1 amide bonds. The van der Waals surface area contributed by atoms with E-state index in [-0.39, 0.29) is 30.1 Å². The number of aromatic nitrogens is 4. The number of nitrogens with one attached hydrogen (secondary N) is 1. The first-order valence-electron chi connectivity index (χ1n) is 17.3. The average Bonchev–Trinajstić information content (AvgIpc) is 3.72. The van der Waals surface area contributed by atoms with E-state index in [0.29, 0.717) is 56.5 Å². The summed E-state index contributed by atoms with van der Waals surface area (Å²) in [6.07, 6.45) is 7.39. The molecule has 0 radical (unpaired) electrons. The highest BCUT2D eigenvalue weighted by atomic mass is 19.3. The van der Waals surface area contributed by atoms with E-state index in [1.807, 2.05) is 0 Å². The van der Waals surface area contributed by atoms with E-state index in [0.717, 1.165) is 25.7 Å². The molecule has 1 aliphatic rings. The zero-order valence-electron chi connectivity index (χ0n) is 28.7. The second-order valence-electron chi connectivity index (χ2n) is 13.3. The number of hydrogen-bond donors (Lipinski definition) is 2. The molecule has 50 heavy (non-hydrogen) atoms. The molecular formula is C37H47F2N5O6. The van der Waals surface area contributed by atoms with Gasteiger partial charge >= 0.3 is 17.9 Å². The van der Waals surface area contributed by atoms with Gasteiger partial charge in [-0.15, -0.1) is 10.2 Å². The van der Waals surface area contributed by atoms with Gasteiger partial charge in [0.15, 0.2) is 11.9 Å². The molecule has 3 aromatic rings. The van der Waals surface area contributed by atoms with Crippen molar-refractivity contribution in [3.05, 3.63) is 83.7 Å². The van der Waals surface area contributed by atoms with Gasteiger partial charge in [0.1, 0.15) is 5.75 Å². The van der Waals surface area contributed by atoms with Crippen molar-refractivity contribution in [2.75, 3.05) is 6.54 Å². The smallest absolute Gasteiger partial charge is 0.312 e. The number of amides is 1. The van der Waals surface area contributed by atoms with Gasteiger partial charge < -0.3 is 19.5 Å². The molecule has 2 aromatic carbocycles. The average molecular weight is 696 g/mol. The van der Waals surface area contributed by atoms with Crippen molar-refractivity contribution in [3.63, 3.8) is 0 Å². The number of likely N-dealkylation sites (tertiary alicyclic amines) is 1. The van der Waals surface area contributed by atoms with Gasteiger partial charge in [0, 0.05) is 31.4 Å². The molecule has 1 saturated heterocycles. The van der Waals surface area contributed by atoms with E-state index in [1.165, 1.54) is 36.4 Å². The summed E-state index contributed by atoms with van der Waals surface area (Å²) in [5.41, 5.74) is -0.682. The fourth-order valence-electron chi connectivity index (χ4n) is 5.82. The Labute approximate surface area is 291 Å². The first-order valence-corrected chi connectivity index (χ1v) is 17.3. The number of aryl methyl sites for hydroxylation is 1. The molecule has 1 aliphatic heterocycles. The number of rotatable bonds is 20. The van der Waals surface area contributed by atoms with Crippen LogP contribution in [0.3, 0.4) is 0 Å². The number of carbonyl (C=O) groups is 3. The van der Waals surface area contributed by atoms with Crippen molar-refractivity contribution in [3.8, 4) is 5.75 Å². The van der Waals surface area contributed by atoms with E-state index >= 15 is 8.78 Å². The minimum absolute atomic E-state index is 0.0375. The van der Waals surface area contributed by atoms with E-state index in [1.54, 1.807) is 49.1 Å². The lowest BCUT2D eigenvalue weighted by Crippen LogP contribution is -2.36. The Balaban J connectivity index is 1.36. The number of aliphatic hydroxyl groups is 1. The number of carbonyl (C=O) groups excluding carboxylic acids is 3. The molecule has 2 atom stereocenters. The van der Waals surface area contributed by atoms with Crippen LogP contribution in [-0.4, -0.2) is 72.8 Å². The molecule has 11 nitrogen and oxygen atoms in total. The van der Waals surface area contributed by atoms with Crippen LogP contribution >= 0.6 is 0 Å². The number of H-pyrrole nitrogens is 1. The summed E-state index contributed by atoms with van der Waals surface area (Å²) in [4.78, 5) is 39.8. The van der Waals surface area contributed by atoms with Crippen LogP contribution in [0.5, 0.6) is 5.75 Å². The van der Waals surface area contributed by atoms with Crippen molar-refractivity contribution in [1.82, 2.24) is 25.5 Å². The number of esters is 2. The zero-order chi connectivity index (χ0) is 36.0. The first-order chi connectivity index (χ1) is 23.9. The molecule has 2 heterocycles. The number of tetrazole rings is 1. The molecule has 1 aromatic heterocycles. The van der Waals surface area contributed by atoms with Crippen LogP contribution in [0.4, 0.5) is 8.78 Å². The Kier molecular flexibility index (Phi) is 14.1. The van der Waals surface area contributed by atoms with Gasteiger partial charge in [0.25, 0.3) is 0 Å². The highest BCUT2D eigenvalue weighted by Gasteiger charge is 2.43. The summed E-state index contributed by atoms with van der Waals surface area (Å²) >= 11 is 0. The largest absolute Gasteiger partial charge is 0.451 e. The molecule has 0 unspecified atom stereocenters. The highest BCUT2D eigenvalue weighted by molar-refractivity contribution is 5.79. The quantitative estimate of drug-likeness (QED) is 0.0626. The van der Waals surface area contributed by atoms with Crippen LogP contribution in [-0.2, 0) is 37.9 Å². The van der Waals surface area contributed by atoms with Gasteiger partial charge in [-0.05, 0) is 69.7 Å². The van der Waals surface area contributed by atoms with Crippen LogP contribution < -0.4 is 4.74 Å². The fourth-order valence-corrected chi connectivity index (χ4v) is 5.82. The number of unbranched alkanes of at least 4 members (excludes halogenated alkanes) is 4. The maximum absolute atomic E-state index is 15.9. The third-order valence-corrected chi connectivity index (χ3v) is 8.49. The van der Waals surface area contributed by atoms with E-state index in [2.05, 4.69) is 20.6 Å². The lowest BCUT2D eigenvalue weighted by molar-refractivity contribution is -0.167. The summed E-state index contributed by atoms with van der Waals surface area (Å²) in [5.74, 6) is -4.04. The summed E-state index contributed by atoms with van der Waals surface area (Å²) in [6, 6.07) is 13.1. The number of aromatic amines is 1. The molecule has 1 fully saturated rings. The summed E-state index contributed by atoms with van der Waals surface area (Å²) in [5, 5.41) is 23.7. The SMILES string of the molecule is CC(C)(O)CCCCC(=O)Oc1cccc(CC(=O)O[C@H](/C=C/[C@H]2CCC(=O)N2CCCCCCc2nn[nH]n2)C(F)(F)c2ccccc2)c1. The van der Waals surface area contributed by atoms with Crippen molar-refractivity contribution in [2.45, 2.75) is 115 Å². The topological polar surface area (TPSA) is 148 Å². The third kappa shape index (κ3) is 12.4. The summed E-state index contributed by atoms with van der Waals surface area (Å²) < 4.78 is 42.6. The van der Waals surface area contributed by atoms with Crippen LogP contribution in [0.2, 0.25) is 0 Å². The maximum Gasteiger partial charge on any atom is 0.312 e. The van der Waals surface area contributed by atoms with Crippen molar-refractivity contribution in [1.29, 1.82) is 0 Å². The van der Waals surface area contributed by atoms with Crippen LogP contribution in [0.1, 0.15) is 95.0 Å². The molecule has 4 rings (SSSR count). The second kappa shape index (κ2) is 18.5. The second-order valence-corrected chi connectivity index (χ2v) is 13.3.